The normalized spacial score (nSPS) is 33.3. The summed E-state index contributed by atoms with van der Waals surface area (Å²) in [4.78, 5) is 37.6. The van der Waals surface area contributed by atoms with Gasteiger partial charge >= 0.3 is 24.0 Å². The molecule has 302 valence electrons. The molecule has 7 N–H and O–H groups in total. The number of halogens is 3. The fourth-order valence-electron chi connectivity index (χ4n) is 7.01. The minimum Gasteiger partial charge on any atom is -0.479 e. The molecule has 3 fully saturated rings. The van der Waals surface area contributed by atoms with Crippen molar-refractivity contribution in [1.82, 2.24) is 5.32 Å². The molecule has 19 heteroatoms. The Morgan fingerprint density at radius 2 is 1.65 bits per heavy atom. The predicted octanol–water partition coefficient (Wildman–Crippen LogP) is 0.723. The first-order valence-electron chi connectivity index (χ1n) is 17.7. The molecule has 0 radical (unpaired) electrons. The highest BCUT2D eigenvalue weighted by Gasteiger charge is 2.50. The van der Waals surface area contributed by atoms with Crippen LogP contribution in [-0.2, 0) is 42.8 Å². The van der Waals surface area contributed by atoms with Crippen molar-refractivity contribution >= 4 is 17.8 Å². The Hall–Kier alpha value is -2.20. The Morgan fingerprint density at radius 1 is 1.00 bits per heavy atom. The number of amides is 1. The third kappa shape index (κ3) is 11.9. The van der Waals surface area contributed by atoms with Crippen molar-refractivity contribution in [3.63, 3.8) is 0 Å². The highest BCUT2D eigenvalue weighted by atomic mass is 19.4. The fraction of sp³-hybridized carbons (Fsp3) is 0.909. The number of carboxylic acids is 1. The largest absolute Gasteiger partial charge is 0.479 e. The number of rotatable bonds is 17. The Bertz CT molecular complexity index is 1140. The number of aliphatic carboxylic acids is 1. The van der Waals surface area contributed by atoms with Gasteiger partial charge in [0.1, 0.15) is 24.4 Å². The molecule has 16 nitrogen and oxygen atoms in total. The van der Waals surface area contributed by atoms with Crippen molar-refractivity contribution in [2.45, 2.75) is 158 Å². The Morgan fingerprint density at radius 3 is 2.19 bits per heavy atom. The van der Waals surface area contributed by atoms with E-state index in [9.17, 15) is 58.2 Å². The van der Waals surface area contributed by atoms with Crippen molar-refractivity contribution in [3.05, 3.63) is 0 Å². The number of nitrogens with one attached hydrogen (secondary N) is 1. The highest BCUT2D eigenvalue weighted by molar-refractivity contribution is 5.82. The maximum Gasteiger partial charge on any atom is 0.471 e. The number of ether oxygens (including phenoxy) is 6. The second kappa shape index (κ2) is 19.9. The van der Waals surface area contributed by atoms with Gasteiger partial charge in [0.2, 0.25) is 6.29 Å². The molecule has 0 aromatic carbocycles. The minimum absolute atomic E-state index is 0.124. The summed E-state index contributed by atoms with van der Waals surface area (Å²) in [5.74, 6) is -6.39. The maximum atomic E-state index is 13.7. The predicted molar refractivity (Wildman–Crippen MR) is 170 cm³/mol. The highest BCUT2D eigenvalue weighted by Crippen LogP contribution is 2.39. The molecule has 1 amide bonds. The van der Waals surface area contributed by atoms with Crippen LogP contribution >= 0.6 is 0 Å². The molecule has 0 aromatic heterocycles. The van der Waals surface area contributed by atoms with Gasteiger partial charge in [-0.05, 0) is 44.9 Å². The first-order chi connectivity index (χ1) is 24.4. The second-order valence-corrected chi connectivity index (χ2v) is 13.9. The van der Waals surface area contributed by atoms with Crippen LogP contribution in [0.5, 0.6) is 0 Å². The number of esters is 1. The van der Waals surface area contributed by atoms with Gasteiger partial charge in [-0.1, -0.05) is 45.4 Å². The van der Waals surface area contributed by atoms with E-state index < -0.39 is 116 Å². The van der Waals surface area contributed by atoms with Gasteiger partial charge in [-0.2, -0.15) is 13.2 Å². The summed E-state index contributed by atoms with van der Waals surface area (Å²) < 4.78 is 75.5. The van der Waals surface area contributed by atoms with E-state index in [0.29, 0.717) is 19.3 Å². The van der Waals surface area contributed by atoms with Crippen LogP contribution in [0.2, 0.25) is 0 Å². The fourth-order valence-corrected chi connectivity index (χ4v) is 7.01. The zero-order valence-electron chi connectivity index (χ0n) is 29.7. The van der Waals surface area contributed by atoms with E-state index >= 15 is 0 Å². The first kappa shape index (κ1) is 44.2. The van der Waals surface area contributed by atoms with E-state index in [2.05, 4.69) is 0 Å². The lowest BCUT2D eigenvalue weighted by Crippen LogP contribution is -2.61. The average Bonchev–Trinajstić information content (AvgIpc) is 3.10. The van der Waals surface area contributed by atoms with Crippen LogP contribution in [-0.4, -0.2) is 142 Å². The lowest BCUT2D eigenvalue weighted by molar-refractivity contribution is -0.335. The van der Waals surface area contributed by atoms with E-state index in [1.54, 1.807) is 12.2 Å². The summed E-state index contributed by atoms with van der Waals surface area (Å²) in [7, 11) is 1.15. The third-order valence-corrected chi connectivity index (χ3v) is 10.1. The van der Waals surface area contributed by atoms with Gasteiger partial charge < -0.3 is 64.4 Å². The molecule has 52 heavy (non-hydrogen) atoms. The average molecular weight is 762 g/mol. The van der Waals surface area contributed by atoms with E-state index in [0.717, 1.165) is 26.4 Å². The quantitative estimate of drug-likeness (QED) is 0.0799. The van der Waals surface area contributed by atoms with E-state index in [4.69, 9.17) is 28.4 Å². The van der Waals surface area contributed by atoms with Crippen LogP contribution in [0.4, 0.5) is 13.2 Å². The molecular formula is C33H54F3NO15. The number of carbonyl (C=O) groups is 3. The van der Waals surface area contributed by atoms with Crippen LogP contribution in [0.25, 0.3) is 0 Å². The molecule has 0 bridgehead atoms. The zero-order chi connectivity index (χ0) is 38.9. The smallest absolute Gasteiger partial charge is 0.471 e. The van der Waals surface area contributed by atoms with Gasteiger partial charge in [0.05, 0.1) is 44.1 Å². The second-order valence-electron chi connectivity index (χ2n) is 13.9. The standard InChI is InChI=1S/C33H54F3NO15/c1-5-18-12-19(29(45)47-4)13-20(26(18)52-30-25(42)24(41)23(40)16(3)48-30)50-31(51-22(14-38)15(2)39)27(37-32(46)33(34,35)36)49-21(28(43)44)11-17-9-7-6-8-10-17/h15-27,30-31,38-42H,5-14H2,1-4H3,(H,37,46)(H,43,44)/t15-,16-,18?,19?,20+,21+,22?,23?,24?,25+,26?,27?,30+,31-/m1/s1. The molecule has 0 spiro atoms. The van der Waals surface area contributed by atoms with Crippen LogP contribution in [0.15, 0.2) is 0 Å². The van der Waals surface area contributed by atoms with Crippen molar-refractivity contribution in [2.75, 3.05) is 13.7 Å². The number of alkyl halides is 3. The number of hydrogen-bond acceptors (Lipinski definition) is 14. The van der Waals surface area contributed by atoms with E-state index in [1.165, 1.54) is 13.8 Å². The summed E-state index contributed by atoms with van der Waals surface area (Å²) in [5.41, 5.74) is 0. The number of carboxylic acid groups (broad SMARTS) is 1. The maximum absolute atomic E-state index is 13.7. The van der Waals surface area contributed by atoms with Crippen LogP contribution in [0.3, 0.4) is 0 Å². The molecular weight excluding hydrogens is 707 g/mol. The van der Waals surface area contributed by atoms with Gasteiger partial charge in [-0.3, -0.25) is 9.59 Å². The number of aliphatic hydroxyl groups is 5. The van der Waals surface area contributed by atoms with Crippen molar-refractivity contribution in [1.29, 1.82) is 0 Å². The SMILES string of the molecule is CCC1CC(C(=O)OC)C[C@H](O[C@H](OC(CO)[C@@H](C)O)C(NC(=O)C(F)(F)F)O[C@@H](CC2CCCCC2)C(=O)O)C1O[C@@H]1O[C@H](C)C(O)C(O)[C@@H]1O. The van der Waals surface area contributed by atoms with Crippen LogP contribution < -0.4 is 5.32 Å². The molecule has 2 saturated carbocycles. The van der Waals surface area contributed by atoms with Gasteiger partial charge in [-0.25, -0.2) is 4.79 Å². The Kier molecular flexibility index (Phi) is 16.9. The lowest BCUT2D eigenvalue weighted by Gasteiger charge is -2.46. The number of aliphatic hydroxyl groups excluding tert-OH is 5. The van der Waals surface area contributed by atoms with E-state index in [1.807, 2.05) is 0 Å². The van der Waals surface area contributed by atoms with Crippen molar-refractivity contribution in [2.24, 2.45) is 17.8 Å². The van der Waals surface area contributed by atoms with Gasteiger partial charge in [-0.15, -0.1) is 0 Å². The Balaban J connectivity index is 2.09. The minimum atomic E-state index is -5.48. The summed E-state index contributed by atoms with van der Waals surface area (Å²) in [6.45, 7) is 3.44. The van der Waals surface area contributed by atoms with Gasteiger partial charge in [0, 0.05) is 0 Å². The number of hydrogen-bond donors (Lipinski definition) is 7. The topological polar surface area (TPSA) is 240 Å². The number of carbonyl (C=O) groups excluding carboxylic acids is 2. The lowest BCUT2D eigenvalue weighted by atomic mass is 9.76. The molecule has 3 rings (SSSR count). The molecule has 7 unspecified atom stereocenters. The summed E-state index contributed by atoms with van der Waals surface area (Å²) in [6.07, 6.45) is -21.0. The first-order valence-corrected chi connectivity index (χ1v) is 17.7. The monoisotopic (exact) mass is 761 g/mol. The zero-order valence-corrected chi connectivity index (χ0v) is 29.7. The van der Waals surface area contributed by atoms with Crippen LogP contribution in [0, 0.1) is 17.8 Å². The summed E-state index contributed by atoms with van der Waals surface area (Å²) in [6, 6.07) is 0. The molecule has 0 aromatic rings. The Labute approximate surface area is 299 Å². The van der Waals surface area contributed by atoms with Gasteiger partial charge in [0.15, 0.2) is 18.6 Å². The van der Waals surface area contributed by atoms with E-state index in [-0.39, 0.29) is 25.2 Å². The molecule has 1 aliphatic heterocycles. The van der Waals surface area contributed by atoms with Crippen molar-refractivity contribution in [3.8, 4) is 0 Å². The molecule has 1 heterocycles. The van der Waals surface area contributed by atoms with Gasteiger partial charge in [0.25, 0.3) is 0 Å². The van der Waals surface area contributed by atoms with Crippen LogP contribution in [0.1, 0.15) is 78.6 Å². The molecule has 2 aliphatic carbocycles. The molecule has 14 atom stereocenters. The third-order valence-electron chi connectivity index (χ3n) is 10.1. The summed E-state index contributed by atoms with van der Waals surface area (Å²) in [5, 5.41) is 63.4. The molecule has 1 saturated heterocycles. The molecule has 3 aliphatic rings. The number of methoxy groups -OCH3 is 1. The van der Waals surface area contributed by atoms with Crippen molar-refractivity contribution < 1.29 is 86.6 Å². The summed E-state index contributed by atoms with van der Waals surface area (Å²) >= 11 is 0.